The Kier molecular flexibility index (Phi) is 3.83. The van der Waals surface area contributed by atoms with E-state index >= 15 is 0 Å². The molecule has 0 aliphatic rings. The first-order valence-electron chi connectivity index (χ1n) is 6.92. The van der Waals surface area contributed by atoms with Crippen molar-refractivity contribution in [2.45, 2.75) is 0 Å². The zero-order chi connectivity index (χ0) is 15.5. The van der Waals surface area contributed by atoms with E-state index < -0.39 is 0 Å². The molecule has 3 aromatic rings. The summed E-state index contributed by atoms with van der Waals surface area (Å²) in [5.74, 6) is 2.19. The van der Waals surface area contributed by atoms with Crippen LogP contribution < -0.4 is 14.2 Å². The first-order chi connectivity index (χ1) is 10.8. The van der Waals surface area contributed by atoms with E-state index in [1.165, 1.54) is 0 Å². The summed E-state index contributed by atoms with van der Waals surface area (Å²) in [6, 6.07) is 13.8. The molecule has 3 rings (SSSR count). The number of rotatable bonds is 4. The molecule has 22 heavy (non-hydrogen) atoms. The third-order valence-electron chi connectivity index (χ3n) is 3.60. The van der Waals surface area contributed by atoms with Crippen molar-refractivity contribution in [2.24, 2.45) is 0 Å². The minimum Gasteiger partial charge on any atom is -0.496 e. The van der Waals surface area contributed by atoms with Crippen LogP contribution in [0.5, 0.6) is 17.2 Å². The molecule has 0 saturated carbocycles. The average Bonchev–Trinajstić information content (AvgIpc) is 2.59. The SMILES string of the molecule is COc1cc2cc(-c3ccccc3OC)cnc2cc1OC. The molecule has 1 aromatic heterocycles. The fourth-order valence-electron chi connectivity index (χ4n) is 2.49. The van der Waals surface area contributed by atoms with Crippen molar-refractivity contribution in [3.63, 3.8) is 0 Å². The van der Waals surface area contributed by atoms with Crippen LogP contribution in [0.1, 0.15) is 0 Å². The zero-order valence-corrected chi connectivity index (χ0v) is 12.8. The minimum atomic E-state index is 0.674. The van der Waals surface area contributed by atoms with Gasteiger partial charge >= 0.3 is 0 Å². The number of fused-ring (bicyclic) bond motifs is 1. The maximum absolute atomic E-state index is 5.42. The van der Waals surface area contributed by atoms with Crippen molar-refractivity contribution in [1.82, 2.24) is 4.98 Å². The van der Waals surface area contributed by atoms with Gasteiger partial charge in [-0.25, -0.2) is 0 Å². The number of hydrogen-bond donors (Lipinski definition) is 0. The Morgan fingerprint density at radius 1 is 0.773 bits per heavy atom. The van der Waals surface area contributed by atoms with E-state index in [0.717, 1.165) is 27.8 Å². The normalized spacial score (nSPS) is 10.5. The van der Waals surface area contributed by atoms with Crippen molar-refractivity contribution < 1.29 is 14.2 Å². The predicted octanol–water partition coefficient (Wildman–Crippen LogP) is 3.93. The van der Waals surface area contributed by atoms with E-state index in [0.29, 0.717) is 11.5 Å². The summed E-state index contributed by atoms with van der Waals surface area (Å²) in [4.78, 5) is 4.53. The molecule has 0 unspecified atom stereocenters. The predicted molar refractivity (Wildman–Crippen MR) is 86.8 cm³/mol. The molecule has 0 saturated heterocycles. The summed E-state index contributed by atoms with van der Waals surface area (Å²) in [5.41, 5.74) is 2.86. The highest BCUT2D eigenvalue weighted by atomic mass is 16.5. The van der Waals surface area contributed by atoms with Crippen LogP contribution in [0.25, 0.3) is 22.0 Å². The van der Waals surface area contributed by atoms with Crippen LogP contribution in [0.3, 0.4) is 0 Å². The lowest BCUT2D eigenvalue weighted by Gasteiger charge is -2.11. The third-order valence-corrected chi connectivity index (χ3v) is 3.60. The van der Waals surface area contributed by atoms with Gasteiger partial charge in [0.05, 0.1) is 26.8 Å². The van der Waals surface area contributed by atoms with Crippen LogP contribution >= 0.6 is 0 Å². The Balaban J connectivity index is 2.17. The fraction of sp³-hybridized carbons (Fsp3) is 0.167. The number of para-hydroxylation sites is 1. The highest BCUT2D eigenvalue weighted by Crippen LogP contribution is 2.35. The molecule has 0 spiro atoms. The monoisotopic (exact) mass is 295 g/mol. The summed E-state index contributed by atoms with van der Waals surface area (Å²) in [5, 5.41) is 0.987. The Morgan fingerprint density at radius 3 is 2.18 bits per heavy atom. The highest BCUT2D eigenvalue weighted by molar-refractivity contribution is 5.87. The summed E-state index contributed by atoms with van der Waals surface area (Å²) < 4.78 is 16.1. The van der Waals surface area contributed by atoms with Crippen LogP contribution in [-0.4, -0.2) is 26.3 Å². The molecule has 0 bridgehead atoms. The van der Waals surface area contributed by atoms with E-state index in [1.54, 1.807) is 21.3 Å². The van der Waals surface area contributed by atoms with Gasteiger partial charge in [0.25, 0.3) is 0 Å². The summed E-state index contributed by atoms with van der Waals surface area (Å²) in [6.45, 7) is 0. The van der Waals surface area contributed by atoms with Crippen LogP contribution in [-0.2, 0) is 0 Å². The Labute approximate surface area is 129 Å². The van der Waals surface area contributed by atoms with E-state index in [9.17, 15) is 0 Å². The van der Waals surface area contributed by atoms with Gasteiger partial charge in [-0.3, -0.25) is 4.98 Å². The van der Waals surface area contributed by atoms with Gasteiger partial charge in [0, 0.05) is 28.8 Å². The van der Waals surface area contributed by atoms with Gasteiger partial charge in [0.15, 0.2) is 11.5 Å². The fourth-order valence-corrected chi connectivity index (χ4v) is 2.49. The number of ether oxygens (including phenoxy) is 3. The van der Waals surface area contributed by atoms with Crippen molar-refractivity contribution in [1.29, 1.82) is 0 Å². The molecule has 112 valence electrons. The second-order valence-electron chi connectivity index (χ2n) is 4.82. The average molecular weight is 295 g/mol. The van der Waals surface area contributed by atoms with E-state index in [2.05, 4.69) is 11.1 Å². The largest absolute Gasteiger partial charge is 0.496 e. The maximum Gasteiger partial charge on any atom is 0.162 e. The molecule has 4 heteroatoms. The molecule has 0 amide bonds. The molecule has 0 radical (unpaired) electrons. The quantitative estimate of drug-likeness (QED) is 0.731. The lowest BCUT2D eigenvalue weighted by molar-refractivity contribution is 0.356. The lowest BCUT2D eigenvalue weighted by atomic mass is 10.0. The molecule has 4 nitrogen and oxygen atoms in total. The zero-order valence-electron chi connectivity index (χ0n) is 12.8. The highest BCUT2D eigenvalue weighted by Gasteiger charge is 2.10. The third kappa shape index (κ3) is 2.44. The van der Waals surface area contributed by atoms with E-state index in [-0.39, 0.29) is 0 Å². The molecule has 0 atom stereocenters. The van der Waals surface area contributed by atoms with Crippen LogP contribution in [0.4, 0.5) is 0 Å². The molecule has 0 aliphatic carbocycles. The number of nitrogens with zero attached hydrogens (tertiary/aromatic N) is 1. The van der Waals surface area contributed by atoms with Crippen molar-refractivity contribution in [3.05, 3.63) is 48.7 Å². The Bertz CT molecular complexity index is 815. The van der Waals surface area contributed by atoms with Gasteiger partial charge in [0.1, 0.15) is 5.75 Å². The molecule has 0 fully saturated rings. The van der Waals surface area contributed by atoms with Gasteiger partial charge < -0.3 is 14.2 Å². The summed E-state index contributed by atoms with van der Waals surface area (Å²) in [7, 11) is 4.91. The van der Waals surface area contributed by atoms with Crippen molar-refractivity contribution in [3.8, 4) is 28.4 Å². The first-order valence-corrected chi connectivity index (χ1v) is 6.92. The topological polar surface area (TPSA) is 40.6 Å². The minimum absolute atomic E-state index is 0.674. The van der Waals surface area contributed by atoms with Gasteiger partial charge in [-0.2, -0.15) is 0 Å². The molecule has 0 N–H and O–H groups in total. The second-order valence-corrected chi connectivity index (χ2v) is 4.82. The second kappa shape index (κ2) is 5.93. The number of hydrogen-bond acceptors (Lipinski definition) is 4. The van der Waals surface area contributed by atoms with Gasteiger partial charge in [-0.15, -0.1) is 0 Å². The Hall–Kier alpha value is -2.75. The molecular weight excluding hydrogens is 278 g/mol. The lowest BCUT2D eigenvalue weighted by Crippen LogP contribution is -1.92. The first kappa shape index (κ1) is 14.2. The number of methoxy groups -OCH3 is 3. The van der Waals surface area contributed by atoms with Gasteiger partial charge in [0.2, 0.25) is 0 Å². The van der Waals surface area contributed by atoms with Crippen molar-refractivity contribution in [2.75, 3.05) is 21.3 Å². The summed E-state index contributed by atoms with van der Waals surface area (Å²) >= 11 is 0. The number of benzene rings is 2. The van der Waals surface area contributed by atoms with E-state index in [1.807, 2.05) is 42.6 Å². The maximum atomic E-state index is 5.42. The standard InChI is InChI=1S/C18H17NO3/c1-20-16-7-5-4-6-14(16)13-8-12-9-17(21-2)18(22-3)10-15(12)19-11-13/h4-11H,1-3H3. The van der Waals surface area contributed by atoms with Crippen LogP contribution in [0.15, 0.2) is 48.7 Å². The van der Waals surface area contributed by atoms with Crippen LogP contribution in [0.2, 0.25) is 0 Å². The molecule has 0 aliphatic heterocycles. The summed E-state index contributed by atoms with van der Waals surface area (Å²) in [6.07, 6.45) is 1.84. The van der Waals surface area contributed by atoms with Crippen LogP contribution in [0, 0.1) is 0 Å². The molecule has 1 heterocycles. The number of aromatic nitrogens is 1. The Morgan fingerprint density at radius 2 is 1.45 bits per heavy atom. The van der Waals surface area contributed by atoms with Crippen molar-refractivity contribution >= 4 is 10.9 Å². The van der Waals surface area contributed by atoms with Gasteiger partial charge in [-0.05, 0) is 18.2 Å². The smallest absolute Gasteiger partial charge is 0.162 e. The molecule has 2 aromatic carbocycles. The number of pyridine rings is 1. The van der Waals surface area contributed by atoms with Gasteiger partial charge in [-0.1, -0.05) is 18.2 Å². The van der Waals surface area contributed by atoms with E-state index in [4.69, 9.17) is 14.2 Å². The molecular formula is C18H17NO3.